The van der Waals surface area contributed by atoms with Crippen molar-refractivity contribution in [3.05, 3.63) is 125 Å². The van der Waals surface area contributed by atoms with E-state index < -0.39 is 70.4 Å². The number of methoxy groups -OCH3 is 4. The van der Waals surface area contributed by atoms with Crippen molar-refractivity contribution in [3.63, 3.8) is 0 Å². The Bertz CT molecular complexity index is 2730. The van der Waals surface area contributed by atoms with Gasteiger partial charge in [-0.2, -0.15) is 0 Å². The second-order valence-electron chi connectivity index (χ2n) is 22.5. The van der Waals surface area contributed by atoms with Crippen molar-refractivity contribution < 1.29 is 56.2 Å². The molecule has 12 nitrogen and oxygen atoms in total. The summed E-state index contributed by atoms with van der Waals surface area (Å²) in [7, 11) is 1.17. The predicted molar refractivity (Wildman–Crippen MR) is 296 cm³/mol. The second-order valence-corrected chi connectivity index (χ2v) is 32.0. The summed E-state index contributed by atoms with van der Waals surface area (Å²) >= 11 is 7.63. The summed E-state index contributed by atoms with van der Waals surface area (Å²) in [6, 6.07) is 32.4. The molecule has 4 aromatic carbocycles. The zero-order chi connectivity index (χ0) is 54.0. The van der Waals surface area contributed by atoms with Crippen molar-refractivity contribution in [2.45, 2.75) is 145 Å². The maximum atomic E-state index is 7.63. The molecule has 2 heterocycles. The molecule has 75 heavy (non-hydrogen) atoms. The lowest BCUT2D eigenvalue weighted by atomic mass is 9.87. The monoisotopic (exact) mass is 1080 g/mol. The number of benzene rings is 4. The van der Waals surface area contributed by atoms with Gasteiger partial charge < -0.3 is 56.2 Å². The molecular weight excluding hydrogens is 1000 g/mol. The SMILES string of the molecule is COCO[C@H](CCO[Si](c1ccccc1)(c1ccccc1)C(C)(C)C)c1ccc(OC)c(O[C@@H]2C#C[C@@H](OC)[C@]3(C#CC4=CC[C@H]5OC(C)(C)O[C@]425)O[C@H](c2ccc(OC)cc2)O[C@@H]3CO[Si](C)(C)C(C)(C)C)c1Cl. The summed E-state index contributed by atoms with van der Waals surface area (Å²) < 4.78 is 79.0. The van der Waals surface area contributed by atoms with Crippen LogP contribution in [0.15, 0.2) is 109 Å². The Morgan fingerprint density at radius 1 is 0.773 bits per heavy atom. The van der Waals surface area contributed by atoms with Crippen LogP contribution in [0.4, 0.5) is 0 Å². The number of hydrogen-bond donors (Lipinski definition) is 0. The third-order valence-electron chi connectivity index (χ3n) is 15.3. The molecule has 0 radical (unpaired) electrons. The van der Waals surface area contributed by atoms with E-state index in [4.69, 9.17) is 67.8 Å². The molecule has 0 bridgehead atoms. The van der Waals surface area contributed by atoms with Crippen LogP contribution in [0.2, 0.25) is 28.2 Å². The number of rotatable bonds is 19. The quantitative estimate of drug-likeness (QED) is 0.0506. The van der Waals surface area contributed by atoms with Crippen LogP contribution in [0.1, 0.15) is 91.8 Å². The third-order valence-corrected chi connectivity index (χ3v) is 25.2. The molecule has 0 amide bonds. The van der Waals surface area contributed by atoms with Gasteiger partial charge in [-0.1, -0.05) is 162 Å². The van der Waals surface area contributed by atoms with Crippen LogP contribution in [0.3, 0.4) is 0 Å². The maximum Gasteiger partial charge on any atom is 0.261 e. The van der Waals surface area contributed by atoms with E-state index in [0.29, 0.717) is 42.1 Å². The first-order valence-electron chi connectivity index (χ1n) is 25.7. The van der Waals surface area contributed by atoms with Gasteiger partial charge in [0, 0.05) is 43.9 Å². The number of halogens is 1. The van der Waals surface area contributed by atoms with Gasteiger partial charge in [-0.25, -0.2) is 0 Å². The number of ether oxygens (including phenoxy) is 10. The number of hydrogen-bond acceptors (Lipinski definition) is 12. The minimum absolute atomic E-state index is 0.00158. The Morgan fingerprint density at radius 2 is 1.43 bits per heavy atom. The first-order valence-corrected chi connectivity index (χ1v) is 30.9. The molecule has 2 aliphatic carbocycles. The fourth-order valence-corrected chi connectivity index (χ4v) is 16.3. The molecule has 0 unspecified atom stereocenters. The second kappa shape index (κ2) is 22.5. The van der Waals surface area contributed by atoms with Crippen LogP contribution >= 0.6 is 11.6 Å². The van der Waals surface area contributed by atoms with E-state index in [1.54, 1.807) is 28.4 Å². The summed E-state index contributed by atoms with van der Waals surface area (Å²) in [5.74, 6) is 14.3. The Balaban J connectivity index is 1.20. The van der Waals surface area contributed by atoms with Gasteiger partial charge in [0.2, 0.25) is 0 Å². The van der Waals surface area contributed by atoms with Gasteiger partial charge in [0.1, 0.15) is 24.8 Å². The van der Waals surface area contributed by atoms with Crippen LogP contribution in [0.5, 0.6) is 17.2 Å². The van der Waals surface area contributed by atoms with Gasteiger partial charge in [-0.15, -0.1) is 0 Å². The standard InChI is InChI=1S/C60H75ClO12Si2/c1-56(2,3)74(13,14)68-39-52-59(72-55(70-52)41-25-28-43(63-10)29-26-41)37-35-42-27-32-51-60(42,73-58(7,8)71-51)50(34-33-49(59)65-12)69-54-48(64-11)31-30-46(53(54)61)47(66-40-62-9)36-38-67-75(57(4,5)6,44-21-17-15-18-22-44)45-23-19-16-20-24-45/h15-31,47,49-52,55H,32,36,38-40H2,1-14H3/t47-,49-,50-,51-,52-,55-,59+,60-/m1/s1. The molecule has 402 valence electrons. The van der Waals surface area contributed by atoms with Gasteiger partial charge in [0.05, 0.1) is 32.0 Å². The topological polar surface area (TPSA) is 111 Å². The van der Waals surface area contributed by atoms with Crippen molar-refractivity contribution in [1.82, 2.24) is 0 Å². The zero-order valence-electron chi connectivity index (χ0n) is 46.1. The summed E-state index contributed by atoms with van der Waals surface area (Å²) in [5.41, 5.74) is -0.774. The highest BCUT2D eigenvalue weighted by Crippen LogP contribution is 2.53. The van der Waals surface area contributed by atoms with Gasteiger partial charge in [0.25, 0.3) is 8.32 Å². The highest BCUT2D eigenvalue weighted by Gasteiger charge is 2.64. The lowest BCUT2D eigenvalue weighted by Crippen LogP contribution is -2.66. The molecule has 0 aromatic heterocycles. The molecule has 4 aromatic rings. The molecule has 8 atom stereocenters. The summed E-state index contributed by atoms with van der Waals surface area (Å²) in [5, 5.41) is 2.30. The Hall–Kier alpha value is -4.50. The molecule has 4 aliphatic rings. The van der Waals surface area contributed by atoms with Gasteiger partial charge in [-0.05, 0) is 72.0 Å². The van der Waals surface area contributed by atoms with Gasteiger partial charge >= 0.3 is 0 Å². The van der Waals surface area contributed by atoms with E-state index in [2.05, 4.69) is 127 Å². The van der Waals surface area contributed by atoms with E-state index in [-0.39, 0.29) is 34.2 Å². The Labute approximate surface area is 452 Å². The Kier molecular flexibility index (Phi) is 17.0. The van der Waals surface area contributed by atoms with Gasteiger partial charge in [0.15, 0.2) is 55.3 Å². The lowest BCUT2D eigenvalue weighted by molar-refractivity contribution is -0.166. The normalized spacial score (nSPS) is 25.6. The van der Waals surface area contributed by atoms with Crippen molar-refractivity contribution in [3.8, 4) is 40.9 Å². The van der Waals surface area contributed by atoms with Crippen molar-refractivity contribution in [2.75, 3.05) is 48.4 Å². The van der Waals surface area contributed by atoms with Crippen LogP contribution in [0, 0.1) is 23.7 Å². The Morgan fingerprint density at radius 3 is 2.01 bits per heavy atom. The van der Waals surface area contributed by atoms with Crippen molar-refractivity contribution in [1.29, 1.82) is 0 Å². The van der Waals surface area contributed by atoms with E-state index in [1.165, 1.54) is 10.4 Å². The molecule has 0 N–H and O–H groups in total. The summed E-state index contributed by atoms with van der Waals surface area (Å²) in [4.78, 5) is 0. The third kappa shape index (κ3) is 11.0. The molecule has 8 rings (SSSR count). The molecule has 0 saturated carbocycles. The molecule has 2 fully saturated rings. The van der Waals surface area contributed by atoms with Crippen molar-refractivity contribution >= 4 is 38.6 Å². The lowest BCUT2D eigenvalue weighted by Gasteiger charge is -2.43. The van der Waals surface area contributed by atoms with E-state index in [1.807, 2.05) is 68.5 Å². The van der Waals surface area contributed by atoms with E-state index in [9.17, 15) is 0 Å². The van der Waals surface area contributed by atoms with Crippen LogP contribution in [-0.2, 0) is 42.0 Å². The maximum absolute atomic E-state index is 7.63. The fraction of sp³-hybridized carbons (Fsp3) is 0.500. The molecule has 15 heteroatoms. The molecule has 2 aliphatic heterocycles. The molecule has 2 spiro atoms. The van der Waals surface area contributed by atoms with Crippen molar-refractivity contribution in [2.24, 2.45) is 0 Å². The van der Waals surface area contributed by atoms with Gasteiger partial charge in [-0.3, -0.25) is 0 Å². The van der Waals surface area contributed by atoms with Crippen LogP contribution < -0.4 is 24.6 Å². The summed E-state index contributed by atoms with van der Waals surface area (Å²) in [6.45, 7) is 22.1. The zero-order valence-corrected chi connectivity index (χ0v) is 48.8. The average molecular weight is 1080 g/mol. The van der Waals surface area contributed by atoms with E-state index >= 15 is 0 Å². The summed E-state index contributed by atoms with van der Waals surface area (Å²) in [6.07, 6.45) is -1.86. The fourth-order valence-electron chi connectivity index (χ4n) is 10.4. The molecular formula is C60H75ClO12Si2. The van der Waals surface area contributed by atoms with Crippen LogP contribution in [-0.4, -0.2) is 106 Å². The minimum Gasteiger partial charge on any atom is -0.497 e. The molecule has 2 saturated heterocycles. The largest absolute Gasteiger partial charge is 0.497 e. The van der Waals surface area contributed by atoms with Crippen LogP contribution in [0.25, 0.3) is 0 Å². The van der Waals surface area contributed by atoms with E-state index in [0.717, 1.165) is 5.56 Å². The highest BCUT2D eigenvalue weighted by atomic mass is 35.5. The first kappa shape index (κ1) is 56.7. The highest BCUT2D eigenvalue weighted by molar-refractivity contribution is 6.99. The smallest absolute Gasteiger partial charge is 0.261 e. The first-order chi connectivity index (χ1) is 35.6. The predicted octanol–water partition coefficient (Wildman–Crippen LogP) is 10.9. The average Bonchev–Trinajstić information content (AvgIpc) is 4.05. The minimum atomic E-state index is -2.90.